The van der Waals surface area contributed by atoms with E-state index in [1.54, 1.807) is 0 Å². The molecule has 3 aliphatic carbocycles. The first kappa shape index (κ1) is 24.7. The van der Waals surface area contributed by atoms with Gasteiger partial charge in [-0.05, 0) is 88.5 Å². The fourth-order valence-corrected chi connectivity index (χ4v) is 6.09. The van der Waals surface area contributed by atoms with Crippen LogP contribution in [-0.2, 0) is 4.74 Å². The third-order valence-corrected chi connectivity index (χ3v) is 8.72. The molecule has 0 heterocycles. The Hall–Kier alpha value is -0.940. The van der Waals surface area contributed by atoms with E-state index < -0.39 is 17.8 Å². The Morgan fingerprint density at radius 1 is 1.16 bits per heavy atom. The van der Waals surface area contributed by atoms with Gasteiger partial charge in [-0.2, -0.15) is 0 Å². The van der Waals surface area contributed by atoms with Gasteiger partial charge in [-0.3, -0.25) is 0 Å². The fourth-order valence-electron chi connectivity index (χ4n) is 6.09. The molecule has 0 amide bonds. The van der Waals surface area contributed by atoms with Crippen LogP contribution in [0.4, 0.5) is 0 Å². The zero-order chi connectivity index (χ0) is 23.0. The zero-order valence-corrected chi connectivity index (χ0v) is 20.2. The number of ether oxygens (including phenoxy) is 1. The van der Waals surface area contributed by atoms with E-state index in [1.165, 1.54) is 31.3 Å². The first-order chi connectivity index (χ1) is 14.4. The SMILES string of the molecule is C=C1[C@H](O)CC(=C/C=C2\CCC[C@]3(C)C([C@@H](C)OC[C@H](C)C(C)(C)O)CC[C@@H]23)C[C@H]1O. The van der Waals surface area contributed by atoms with E-state index in [0.29, 0.717) is 36.9 Å². The van der Waals surface area contributed by atoms with E-state index in [1.807, 2.05) is 13.8 Å². The highest BCUT2D eigenvalue weighted by Gasteiger charge is 2.51. The highest BCUT2D eigenvalue weighted by Crippen LogP contribution is 2.58. The molecule has 0 bridgehead atoms. The van der Waals surface area contributed by atoms with Crippen LogP contribution >= 0.6 is 0 Å². The summed E-state index contributed by atoms with van der Waals surface area (Å²) >= 11 is 0. The van der Waals surface area contributed by atoms with Crippen molar-refractivity contribution in [2.75, 3.05) is 6.61 Å². The summed E-state index contributed by atoms with van der Waals surface area (Å²) in [6.45, 7) is 14.8. The van der Waals surface area contributed by atoms with Gasteiger partial charge in [0, 0.05) is 5.92 Å². The van der Waals surface area contributed by atoms with E-state index in [9.17, 15) is 15.3 Å². The van der Waals surface area contributed by atoms with Crippen LogP contribution in [0.15, 0.2) is 35.5 Å². The average Bonchev–Trinajstić information content (AvgIpc) is 3.05. The van der Waals surface area contributed by atoms with Gasteiger partial charge in [0.2, 0.25) is 0 Å². The molecule has 0 spiro atoms. The molecule has 1 unspecified atom stereocenters. The van der Waals surface area contributed by atoms with Crippen LogP contribution < -0.4 is 0 Å². The Balaban J connectivity index is 1.68. The van der Waals surface area contributed by atoms with Crippen LogP contribution in [0.3, 0.4) is 0 Å². The molecule has 31 heavy (non-hydrogen) atoms. The van der Waals surface area contributed by atoms with Crippen LogP contribution in [-0.4, -0.2) is 45.8 Å². The second-order valence-corrected chi connectivity index (χ2v) is 11.3. The lowest BCUT2D eigenvalue weighted by Gasteiger charge is -2.44. The highest BCUT2D eigenvalue weighted by atomic mass is 16.5. The highest BCUT2D eigenvalue weighted by molar-refractivity contribution is 5.29. The largest absolute Gasteiger partial charge is 0.390 e. The maximum Gasteiger partial charge on any atom is 0.0809 e. The molecule has 3 fully saturated rings. The first-order valence-corrected chi connectivity index (χ1v) is 12.2. The summed E-state index contributed by atoms with van der Waals surface area (Å²) in [5.74, 6) is 1.21. The van der Waals surface area contributed by atoms with Crippen LogP contribution in [0.2, 0.25) is 0 Å². The molecule has 3 rings (SSSR count). The lowest BCUT2D eigenvalue weighted by Crippen LogP contribution is -2.40. The number of rotatable bonds is 6. The number of hydrogen-bond donors (Lipinski definition) is 3. The molecule has 176 valence electrons. The second-order valence-electron chi connectivity index (χ2n) is 11.3. The van der Waals surface area contributed by atoms with Gasteiger partial charge in [0.05, 0.1) is 30.5 Å². The quantitative estimate of drug-likeness (QED) is 0.520. The Bertz CT molecular complexity index is 699. The summed E-state index contributed by atoms with van der Waals surface area (Å²) in [5.41, 5.74) is 2.71. The number of fused-ring (bicyclic) bond motifs is 1. The van der Waals surface area contributed by atoms with Crippen molar-refractivity contribution in [1.29, 1.82) is 0 Å². The van der Waals surface area contributed by atoms with Gasteiger partial charge in [0.15, 0.2) is 0 Å². The molecule has 4 heteroatoms. The monoisotopic (exact) mass is 432 g/mol. The maximum atomic E-state index is 10.2. The fraction of sp³-hybridized carbons (Fsp3) is 0.778. The molecule has 0 aromatic rings. The first-order valence-electron chi connectivity index (χ1n) is 12.2. The Morgan fingerprint density at radius 3 is 2.42 bits per heavy atom. The summed E-state index contributed by atoms with van der Waals surface area (Å²) in [7, 11) is 0. The Labute approximate surface area is 189 Å². The van der Waals surface area contributed by atoms with Gasteiger partial charge in [0.1, 0.15) is 0 Å². The second kappa shape index (κ2) is 9.51. The topological polar surface area (TPSA) is 69.9 Å². The van der Waals surface area contributed by atoms with Gasteiger partial charge in [-0.15, -0.1) is 0 Å². The predicted molar refractivity (Wildman–Crippen MR) is 126 cm³/mol. The molecule has 0 aliphatic heterocycles. The van der Waals surface area contributed by atoms with E-state index in [0.717, 1.165) is 12.0 Å². The Morgan fingerprint density at radius 2 is 1.81 bits per heavy atom. The molecule has 0 aromatic carbocycles. The molecule has 3 saturated carbocycles. The molecular formula is C27H44O4. The van der Waals surface area contributed by atoms with Crippen molar-refractivity contribution < 1.29 is 20.1 Å². The van der Waals surface area contributed by atoms with Gasteiger partial charge in [0.25, 0.3) is 0 Å². The molecule has 7 atom stereocenters. The maximum absolute atomic E-state index is 10.2. The van der Waals surface area contributed by atoms with Gasteiger partial charge >= 0.3 is 0 Å². The Kier molecular flexibility index (Phi) is 7.57. The molecule has 0 radical (unpaired) electrons. The van der Waals surface area contributed by atoms with Crippen molar-refractivity contribution in [3.63, 3.8) is 0 Å². The number of hydrogen-bond acceptors (Lipinski definition) is 4. The average molecular weight is 433 g/mol. The van der Waals surface area contributed by atoms with Crippen LogP contribution in [0.25, 0.3) is 0 Å². The van der Waals surface area contributed by atoms with Crippen molar-refractivity contribution in [1.82, 2.24) is 0 Å². The summed E-state index contributed by atoms with van der Waals surface area (Å²) in [4.78, 5) is 0. The van der Waals surface area contributed by atoms with Crippen LogP contribution in [0.5, 0.6) is 0 Å². The van der Waals surface area contributed by atoms with Gasteiger partial charge in [-0.1, -0.05) is 43.7 Å². The van der Waals surface area contributed by atoms with Crippen molar-refractivity contribution in [2.24, 2.45) is 23.2 Å². The smallest absolute Gasteiger partial charge is 0.0809 e. The predicted octanol–water partition coefficient (Wildman–Crippen LogP) is 4.94. The van der Waals surface area contributed by atoms with Crippen molar-refractivity contribution >= 4 is 0 Å². The molecule has 3 N–H and O–H groups in total. The van der Waals surface area contributed by atoms with Gasteiger partial charge < -0.3 is 20.1 Å². The minimum Gasteiger partial charge on any atom is -0.390 e. The number of allylic oxidation sites excluding steroid dienone is 3. The molecular weight excluding hydrogens is 388 g/mol. The van der Waals surface area contributed by atoms with E-state index >= 15 is 0 Å². The number of aliphatic hydroxyl groups is 3. The molecule has 0 saturated heterocycles. The van der Waals surface area contributed by atoms with Gasteiger partial charge in [-0.25, -0.2) is 0 Å². The van der Waals surface area contributed by atoms with E-state index in [2.05, 4.69) is 39.5 Å². The van der Waals surface area contributed by atoms with Crippen molar-refractivity contribution in [2.45, 2.75) is 103 Å². The number of aliphatic hydroxyl groups excluding tert-OH is 2. The van der Waals surface area contributed by atoms with E-state index in [4.69, 9.17) is 4.74 Å². The summed E-state index contributed by atoms with van der Waals surface area (Å²) in [5, 5.41) is 30.5. The third-order valence-electron chi connectivity index (χ3n) is 8.72. The standard InChI is InChI=1S/C27H44O4/c1-17(26(4,5)30)16-31-19(3)22-11-12-23-21(8-7-13-27(22,23)6)10-9-20-14-24(28)18(2)25(29)15-20/h9-10,17,19,22-25,28-30H,2,7-8,11-16H2,1,3-6H3/b21-10+/t17-,19+,22?,23-,24+,25+,27+/m0/s1. The zero-order valence-electron chi connectivity index (χ0n) is 20.2. The van der Waals surface area contributed by atoms with Crippen molar-refractivity contribution in [3.8, 4) is 0 Å². The lowest BCUT2D eigenvalue weighted by atomic mass is 9.62. The minimum atomic E-state index is -0.720. The van der Waals surface area contributed by atoms with Crippen LogP contribution in [0, 0.1) is 23.2 Å². The third kappa shape index (κ3) is 5.35. The summed E-state index contributed by atoms with van der Waals surface area (Å²) in [6.07, 6.45) is 10.5. The van der Waals surface area contributed by atoms with Crippen LogP contribution in [0.1, 0.15) is 79.6 Å². The normalized spacial score (nSPS) is 37.6. The molecule has 3 aliphatic rings. The molecule has 0 aromatic heterocycles. The minimum absolute atomic E-state index is 0.102. The van der Waals surface area contributed by atoms with E-state index in [-0.39, 0.29) is 17.4 Å². The van der Waals surface area contributed by atoms with Crippen molar-refractivity contribution in [3.05, 3.63) is 35.5 Å². The molecule has 4 nitrogen and oxygen atoms in total. The summed E-state index contributed by atoms with van der Waals surface area (Å²) < 4.78 is 6.30. The lowest BCUT2D eigenvalue weighted by molar-refractivity contribution is -0.0720. The summed E-state index contributed by atoms with van der Waals surface area (Å²) in [6, 6.07) is 0.